The molecule has 0 aliphatic heterocycles. The molecule has 5 nitrogen and oxygen atoms in total. The third kappa shape index (κ3) is 4.81. The summed E-state index contributed by atoms with van der Waals surface area (Å²) in [6.07, 6.45) is 0.920. The second kappa shape index (κ2) is 6.94. The molecule has 1 rings (SSSR count). The van der Waals surface area contributed by atoms with Crippen molar-refractivity contribution in [1.29, 1.82) is 0 Å². The van der Waals surface area contributed by atoms with Crippen molar-refractivity contribution in [2.24, 2.45) is 5.14 Å². The van der Waals surface area contributed by atoms with Gasteiger partial charge < -0.3 is 9.47 Å². The van der Waals surface area contributed by atoms with Crippen LogP contribution in [0.4, 0.5) is 0 Å². The highest BCUT2D eigenvalue weighted by molar-refractivity contribution is 7.89. The Bertz CT molecular complexity index is 490. The maximum atomic E-state index is 11.3. The molecule has 7 heteroatoms. The van der Waals surface area contributed by atoms with Crippen LogP contribution in [0.1, 0.15) is 13.3 Å². The number of halogens is 1. The summed E-state index contributed by atoms with van der Waals surface area (Å²) in [5.41, 5.74) is 0. The molecule has 0 radical (unpaired) electrons. The van der Waals surface area contributed by atoms with Crippen LogP contribution in [0.3, 0.4) is 0 Å². The Morgan fingerprint density at radius 2 is 2.00 bits per heavy atom. The van der Waals surface area contributed by atoms with E-state index >= 15 is 0 Å². The van der Waals surface area contributed by atoms with Gasteiger partial charge in [0.1, 0.15) is 17.3 Å². The van der Waals surface area contributed by atoms with Gasteiger partial charge in [0.2, 0.25) is 10.0 Å². The number of sulfonamides is 1. The maximum Gasteiger partial charge on any atom is 0.241 e. The highest BCUT2D eigenvalue weighted by atomic mass is 35.5. The summed E-state index contributed by atoms with van der Waals surface area (Å²) in [6.45, 7) is 3.29. The number of rotatable bonds is 7. The van der Waals surface area contributed by atoms with E-state index in [1.54, 1.807) is 6.07 Å². The van der Waals surface area contributed by atoms with E-state index in [4.69, 9.17) is 26.2 Å². The minimum Gasteiger partial charge on any atom is -0.490 e. The van der Waals surface area contributed by atoms with Crippen LogP contribution >= 0.6 is 11.6 Å². The number of ether oxygens (including phenoxy) is 2. The molecule has 0 bridgehead atoms. The van der Waals surface area contributed by atoms with E-state index < -0.39 is 10.0 Å². The zero-order chi connectivity index (χ0) is 13.6. The van der Waals surface area contributed by atoms with Crippen molar-refractivity contribution >= 4 is 21.6 Å². The third-order valence-electron chi connectivity index (χ3n) is 2.05. The van der Waals surface area contributed by atoms with Crippen LogP contribution in [-0.4, -0.2) is 28.2 Å². The first-order valence-corrected chi connectivity index (χ1v) is 7.40. The molecule has 0 saturated carbocycles. The summed E-state index contributed by atoms with van der Waals surface area (Å²) >= 11 is 5.73. The van der Waals surface area contributed by atoms with E-state index in [0.717, 1.165) is 6.42 Å². The van der Waals surface area contributed by atoms with E-state index in [1.807, 2.05) is 6.92 Å². The van der Waals surface area contributed by atoms with Crippen LogP contribution < -0.4 is 9.88 Å². The SMILES string of the molecule is CCCOCCOc1ccc(Cl)cc1S(N)(=O)=O. The smallest absolute Gasteiger partial charge is 0.241 e. The van der Waals surface area contributed by atoms with Crippen LogP contribution in [0.15, 0.2) is 23.1 Å². The van der Waals surface area contributed by atoms with Gasteiger partial charge in [0.05, 0.1) is 6.61 Å². The average molecular weight is 294 g/mol. The normalized spacial score (nSPS) is 11.5. The van der Waals surface area contributed by atoms with Gasteiger partial charge in [-0.05, 0) is 24.6 Å². The number of hydrogen-bond acceptors (Lipinski definition) is 4. The van der Waals surface area contributed by atoms with E-state index in [0.29, 0.717) is 13.2 Å². The maximum absolute atomic E-state index is 11.3. The highest BCUT2D eigenvalue weighted by Crippen LogP contribution is 2.26. The number of hydrogen-bond donors (Lipinski definition) is 1. The van der Waals surface area contributed by atoms with Crippen molar-refractivity contribution in [2.45, 2.75) is 18.2 Å². The van der Waals surface area contributed by atoms with Crippen molar-refractivity contribution in [2.75, 3.05) is 19.8 Å². The van der Waals surface area contributed by atoms with Crippen molar-refractivity contribution in [1.82, 2.24) is 0 Å². The van der Waals surface area contributed by atoms with Crippen molar-refractivity contribution in [3.8, 4) is 5.75 Å². The van der Waals surface area contributed by atoms with E-state index in [-0.39, 0.29) is 22.3 Å². The summed E-state index contributed by atoms with van der Waals surface area (Å²) in [5.74, 6) is 0.182. The zero-order valence-corrected chi connectivity index (χ0v) is 11.6. The molecule has 0 aliphatic rings. The van der Waals surface area contributed by atoms with Gasteiger partial charge in [-0.2, -0.15) is 0 Å². The summed E-state index contributed by atoms with van der Waals surface area (Å²) in [5, 5.41) is 5.37. The Labute approximate surface area is 112 Å². The fourth-order valence-electron chi connectivity index (χ4n) is 1.28. The molecular weight excluding hydrogens is 278 g/mol. The van der Waals surface area contributed by atoms with Gasteiger partial charge in [-0.3, -0.25) is 0 Å². The Balaban J connectivity index is 2.71. The lowest BCUT2D eigenvalue weighted by molar-refractivity contribution is 0.0996. The molecule has 0 unspecified atom stereocenters. The summed E-state index contributed by atoms with van der Waals surface area (Å²) < 4.78 is 33.2. The zero-order valence-electron chi connectivity index (χ0n) is 10.1. The summed E-state index contributed by atoms with van der Waals surface area (Å²) in [7, 11) is -3.85. The largest absolute Gasteiger partial charge is 0.490 e. The predicted molar refractivity (Wildman–Crippen MR) is 69.4 cm³/mol. The van der Waals surface area contributed by atoms with Gasteiger partial charge in [0, 0.05) is 11.6 Å². The van der Waals surface area contributed by atoms with Crippen molar-refractivity contribution in [3.05, 3.63) is 23.2 Å². The first-order chi connectivity index (χ1) is 8.45. The van der Waals surface area contributed by atoms with Crippen LogP contribution in [0.2, 0.25) is 5.02 Å². The minimum atomic E-state index is -3.85. The Morgan fingerprint density at radius 3 is 2.61 bits per heavy atom. The molecule has 18 heavy (non-hydrogen) atoms. The number of benzene rings is 1. The predicted octanol–water partition coefficient (Wildman–Crippen LogP) is 1.79. The van der Waals surface area contributed by atoms with Gasteiger partial charge in [-0.1, -0.05) is 18.5 Å². The summed E-state index contributed by atoms with van der Waals surface area (Å²) in [4.78, 5) is -0.120. The number of primary sulfonamides is 1. The van der Waals surface area contributed by atoms with Gasteiger partial charge >= 0.3 is 0 Å². The standard InChI is InChI=1S/C11H16ClNO4S/c1-2-5-16-6-7-17-10-4-3-9(12)8-11(10)18(13,14)15/h3-4,8H,2,5-7H2,1H3,(H2,13,14,15). The molecule has 0 fully saturated rings. The molecular formula is C11H16ClNO4S. The van der Waals surface area contributed by atoms with Crippen molar-refractivity contribution < 1.29 is 17.9 Å². The Morgan fingerprint density at radius 1 is 1.28 bits per heavy atom. The topological polar surface area (TPSA) is 78.6 Å². The molecule has 0 amide bonds. The second-order valence-corrected chi connectivity index (χ2v) is 5.56. The Hall–Kier alpha value is -0.820. The van der Waals surface area contributed by atoms with E-state index in [9.17, 15) is 8.42 Å². The lowest BCUT2D eigenvalue weighted by atomic mass is 10.3. The molecule has 2 N–H and O–H groups in total. The fraction of sp³-hybridized carbons (Fsp3) is 0.455. The number of nitrogens with two attached hydrogens (primary N) is 1. The van der Waals surface area contributed by atoms with Crippen LogP contribution in [-0.2, 0) is 14.8 Å². The third-order valence-corrected chi connectivity index (χ3v) is 3.21. The first kappa shape index (κ1) is 15.2. The van der Waals surface area contributed by atoms with Gasteiger partial charge in [-0.25, -0.2) is 13.6 Å². The molecule has 0 aromatic heterocycles. The molecule has 0 aliphatic carbocycles. The molecule has 0 saturated heterocycles. The minimum absolute atomic E-state index is 0.120. The van der Waals surface area contributed by atoms with Crippen LogP contribution in [0.5, 0.6) is 5.75 Å². The quantitative estimate of drug-likeness (QED) is 0.777. The molecule has 102 valence electrons. The van der Waals surface area contributed by atoms with Gasteiger partial charge in [0.15, 0.2) is 0 Å². The van der Waals surface area contributed by atoms with E-state index in [1.165, 1.54) is 12.1 Å². The Kier molecular flexibility index (Phi) is 5.87. The average Bonchev–Trinajstić information content (AvgIpc) is 2.29. The second-order valence-electron chi connectivity index (χ2n) is 3.60. The summed E-state index contributed by atoms with van der Waals surface area (Å²) in [6, 6.07) is 4.28. The fourth-order valence-corrected chi connectivity index (χ4v) is 2.22. The van der Waals surface area contributed by atoms with E-state index in [2.05, 4.69) is 0 Å². The van der Waals surface area contributed by atoms with Gasteiger partial charge in [0.25, 0.3) is 0 Å². The van der Waals surface area contributed by atoms with Crippen molar-refractivity contribution in [3.63, 3.8) is 0 Å². The monoisotopic (exact) mass is 293 g/mol. The van der Waals surface area contributed by atoms with Gasteiger partial charge in [-0.15, -0.1) is 0 Å². The molecule has 1 aromatic carbocycles. The lowest BCUT2D eigenvalue weighted by Gasteiger charge is -2.10. The molecule has 1 aromatic rings. The molecule has 0 heterocycles. The van der Waals surface area contributed by atoms with Crippen LogP contribution in [0.25, 0.3) is 0 Å². The highest BCUT2D eigenvalue weighted by Gasteiger charge is 2.15. The lowest BCUT2D eigenvalue weighted by Crippen LogP contribution is -2.15. The molecule has 0 atom stereocenters. The van der Waals surface area contributed by atoms with Crippen LogP contribution in [0, 0.1) is 0 Å². The first-order valence-electron chi connectivity index (χ1n) is 5.48. The molecule has 0 spiro atoms.